The molecule has 2 aromatic rings. The van der Waals surface area contributed by atoms with Crippen LogP contribution in [0.1, 0.15) is 13.8 Å². The smallest absolute Gasteiger partial charge is 0.406 e. The molecule has 0 bridgehead atoms. The first kappa shape index (κ1) is 15.8. The molecule has 0 fully saturated rings. The number of pyridine rings is 1. The number of ether oxygens (including phenoxy) is 1. The summed E-state index contributed by atoms with van der Waals surface area (Å²) in [6.45, 7) is 4.00. The van der Waals surface area contributed by atoms with E-state index >= 15 is 0 Å². The lowest BCUT2D eigenvalue weighted by atomic mass is 10.1. The molecule has 2 N–H and O–H groups in total. The first-order valence-corrected chi connectivity index (χ1v) is 6.03. The van der Waals surface area contributed by atoms with Gasteiger partial charge < -0.3 is 10.5 Å². The highest BCUT2D eigenvalue weighted by Crippen LogP contribution is 2.25. The summed E-state index contributed by atoms with van der Waals surface area (Å²) < 4.78 is 39.7. The van der Waals surface area contributed by atoms with Crippen molar-refractivity contribution >= 4 is 5.82 Å². The standard InChI is InChI=1S/C12H9F3N2O.C2H6/c13-12(14,15)18-9-6-4-8(5-7-9)10-2-1-3-11(16)17-10;1-2/h1-7H,(H2,16,17);1-2H3. The molecule has 1 aromatic carbocycles. The lowest BCUT2D eigenvalue weighted by Crippen LogP contribution is -2.16. The van der Waals surface area contributed by atoms with Gasteiger partial charge in [0.2, 0.25) is 0 Å². The Morgan fingerprint density at radius 2 is 1.60 bits per heavy atom. The summed E-state index contributed by atoms with van der Waals surface area (Å²) >= 11 is 0. The molecule has 2 rings (SSSR count). The van der Waals surface area contributed by atoms with Gasteiger partial charge in [0.15, 0.2) is 0 Å². The fraction of sp³-hybridized carbons (Fsp3) is 0.214. The molecule has 0 aliphatic carbocycles. The minimum atomic E-state index is -4.68. The van der Waals surface area contributed by atoms with E-state index in [2.05, 4.69) is 9.72 Å². The summed E-state index contributed by atoms with van der Waals surface area (Å²) in [5.74, 6) is 0.0817. The van der Waals surface area contributed by atoms with Gasteiger partial charge in [-0.2, -0.15) is 0 Å². The molecule has 0 saturated heterocycles. The Balaban J connectivity index is 0.000000956. The third-order valence-electron chi connectivity index (χ3n) is 2.15. The molecule has 20 heavy (non-hydrogen) atoms. The van der Waals surface area contributed by atoms with Crippen LogP contribution in [0.2, 0.25) is 0 Å². The number of aromatic nitrogens is 1. The molecule has 0 amide bonds. The zero-order valence-corrected chi connectivity index (χ0v) is 11.1. The van der Waals surface area contributed by atoms with Crippen molar-refractivity contribution in [3.8, 4) is 17.0 Å². The second kappa shape index (κ2) is 6.79. The topological polar surface area (TPSA) is 48.1 Å². The molecular formula is C14H15F3N2O. The normalized spacial score (nSPS) is 10.4. The molecule has 0 unspecified atom stereocenters. The number of alkyl halides is 3. The van der Waals surface area contributed by atoms with Crippen molar-refractivity contribution in [1.29, 1.82) is 0 Å². The zero-order chi connectivity index (χ0) is 15.2. The summed E-state index contributed by atoms with van der Waals surface area (Å²) in [7, 11) is 0. The van der Waals surface area contributed by atoms with Gasteiger partial charge in [0.25, 0.3) is 0 Å². The summed E-state index contributed by atoms with van der Waals surface area (Å²) in [6, 6.07) is 10.5. The van der Waals surface area contributed by atoms with E-state index in [1.807, 2.05) is 13.8 Å². The third-order valence-corrected chi connectivity index (χ3v) is 2.15. The average molecular weight is 284 g/mol. The molecule has 0 aliphatic rings. The Labute approximate surface area is 115 Å². The van der Waals surface area contributed by atoms with E-state index in [9.17, 15) is 13.2 Å². The average Bonchev–Trinajstić information content (AvgIpc) is 2.40. The second-order valence-corrected chi connectivity index (χ2v) is 3.52. The van der Waals surface area contributed by atoms with Crippen LogP contribution in [0.4, 0.5) is 19.0 Å². The maximum atomic E-state index is 12.0. The van der Waals surface area contributed by atoms with E-state index in [0.29, 0.717) is 17.1 Å². The maximum absolute atomic E-state index is 12.0. The van der Waals surface area contributed by atoms with E-state index in [1.165, 1.54) is 24.3 Å². The van der Waals surface area contributed by atoms with Gasteiger partial charge in [-0.3, -0.25) is 0 Å². The molecule has 0 spiro atoms. The lowest BCUT2D eigenvalue weighted by Gasteiger charge is -2.09. The molecule has 3 nitrogen and oxygen atoms in total. The maximum Gasteiger partial charge on any atom is 0.573 e. The predicted octanol–water partition coefficient (Wildman–Crippen LogP) is 4.26. The third kappa shape index (κ3) is 4.79. The van der Waals surface area contributed by atoms with Gasteiger partial charge in [-0.1, -0.05) is 19.9 Å². The Bertz CT molecular complexity index is 539. The van der Waals surface area contributed by atoms with Crippen LogP contribution in [0.25, 0.3) is 11.3 Å². The molecule has 0 aliphatic heterocycles. The van der Waals surface area contributed by atoms with Gasteiger partial charge in [-0.25, -0.2) is 4.98 Å². The van der Waals surface area contributed by atoms with E-state index in [0.717, 1.165) is 0 Å². The van der Waals surface area contributed by atoms with E-state index in [-0.39, 0.29) is 5.75 Å². The molecule has 0 radical (unpaired) electrons. The first-order valence-electron chi connectivity index (χ1n) is 6.03. The highest BCUT2D eigenvalue weighted by Gasteiger charge is 2.30. The monoisotopic (exact) mass is 284 g/mol. The number of benzene rings is 1. The molecule has 6 heteroatoms. The van der Waals surface area contributed by atoms with Gasteiger partial charge in [0.05, 0.1) is 5.69 Å². The Morgan fingerprint density at radius 3 is 2.10 bits per heavy atom. The number of rotatable bonds is 2. The molecular weight excluding hydrogens is 269 g/mol. The van der Waals surface area contributed by atoms with Gasteiger partial charge in [-0.05, 0) is 36.4 Å². The van der Waals surface area contributed by atoms with Gasteiger partial charge in [0.1, 0.15) is 11.6 Å². The Morgan fingerprint density at radius 1 is 1.00 bits per heavy atom. The van der Waals surface area contributed by atoms with Crippen molar-refractivity contribution in [3.63, 3.8) is 0 Å². The van der Waals surface area contributed by atoms with Crippen molar-refractivity contribution in [2.45, 2.75) is 20.2 Å². The highest BCUT2D eigenvalue weighted by atomic mass is 19.4. The van der Waals surface area contributed by atoms with Crippen molar-refractivity contribution in [1.82, 2.24) is 4.98 Å². The molecule has 1 heterocycles. The van der Waals surface area contributed by atoms with E-state index in [4.69, 9.17) is 5.73 Å². The van der Waals surface area contributed by atoms with Crippen LogP contribution in [0.5, 0.6) is 5.75 Å². The molecule has 0 atom stereocenters. The van der Waals surface area contributed by atoms with Crippen molar-refractivity contribution < 1.29 is 17.9 Å². The number of nitrogens with zero attached hydrogens (tertiary/aromatic N) is 1. The van der Waals surface area contributed by atoms with E-state index < -0.39 is 6.36 Å². The quantitative estimate of drug-likeness (QED) is 0.896. The summed E-state index contributed by atoms with van der Waals surface area (Å²) in [5.41, 5.74) is 6.78. The fourth-order valence-electron chi connectivity index (χ4n) is 1.44. The van der Waals surface area contributed by atoms with Crippen molar-refractivity contribution in [3.05, 3.63) is 42.5 Å². The van der Waals surface area contributed by atoms with Crippen LogP contribution in [0.3, 0.4) is 0 Å². The number of hydrogen-bond acceptors (Lipinski definition) is 3. The van der Waals surface area contributed by atoms with Crippen molar-refractivity contribution in [2.24, 2.45) is 0 Å². The minimum absolute atomic E-state index is 0.268. The number of nitrogens with two attached hydrogens (primary N) is 1. The van der Waals surface area contributed by atoms with Crippen LogP contribution >= 0.6 is 0 Å². The molecule has 108 valence electrons. The SMILES string of the molecule is CC.Nc1cccc(-c2ccc(OC(F)(F)F)cc2)n1. The number of nitrogen functional groups attached to an aromatic ring is 1. The van der Waals surface area contributed by atoms with Crippen molar-refractivity contribution in [2.75, 3.05) is 5.73 Å². The van der Waals surface area contributed by atoms with Gasteiger partial charge in [-0.15, -0.1) is 13.2 Å². The van der Waals surface area contributed by atoms with Crippen LogP contribution in [0.15, 0.2) is 42.5 Å². The zero-order valence-electron chi connectivity index (χ0n) is 11.1. The summed E-state index contributed by atoms with van der Waals surface area (Å²) in [6.07, 6.45) is -4.68. The predicted molar refractivity (Wildman–Crippen MR) is 72.1 cm³/mol. The lowest BCUT2D eigenvalue weighted by molar-refractivity contribution is -0.274. The largest absolute Gasteiger partial charge is 0.573 e. The fourth-order valence-corrected chi connectivity index (χ4v) is 1.44. The summed E-state index contributed by atoms with van der Waals surface area (Å²) in [5, 5.41) is 0. The minimum Gasteiger partial charge on any atom is -0.406 e. The number of anilines is 1. The Kier molecular flexibility index (Phi) is 5.37. The summed E-state index contributed by atoms with van der Waals surface area (Å²) in [4.78, 5) is 4.06. The second-order valence-electron chi connectivity index (χ2n) is 3.52. The van der Waals surface area contributed by atoms with Crippen LogP contribution < -0.4 is 10.5 Å². The first-order chi connectivity index (χ1) is 9.44. The van der Waals surface area contributed by atoms with Gasteiger partial charge in [0, 0.05) is 5.56 Å². The van der Waals surface area contributed by atoms with Crippen LogP contribution in [0, 0.1) is 0 Å². The number of halogens is 3. The molecule has 0 saturated carbocycles. The van der Waals surface area contributed by atoms with E-state index in [1.54, 1.807) is 18.2 Å². The van der Waals surface area contributed by atoms with Crippen LogP contribution in [-0.2, 0) is 0 Å². The Hall–Kier alpha value is -2.24. The van der Waals surface area contributed by atoms with Crippen LogP contribution in [-0.4, -0.2) is 11.3 Å². The van der Waals surface area contributed by atoms with Gasteiger partial charge >= 0.3 is 6.36 Å². The molecule has 1 aromatic heterocycles. The highest BCUT2D eigenvalue weighted by molar-refractivity contribution is 5.61. The number of hydrogen-bond donors (Lipinski definition) is 1.